The Kier molecular flexibility index (Phi) is 8.78. The average Bonchev–Trinajstić information content (AvgIpc) is 3.55. The average molecular weight is 597 g/mol. The lowest BCUT2D eigenvalue weighted by atomic mass is 9.89. The molecule has 9 heteroatoms. The van der Waals surface area contributed by atoms with Crippen LogP contribution in [0.2, 0.25) is 0 Å². The molecule has 2 unspecified atom stereocenters. The summed E-state index contributed by atoms with van der Waals surface area (Å²) < 4.78 is 60.6. The summed E-state index contributed by atoms with van der Waals surface area (Å²) in [6.07, 6.45) is 3.46. The second-order valence-corrected chi connectivity index (χ2v) is 13.5. The van der Waals surface area contributed by atoms with Gasteiger partial charge in [-0.1, -0.05) is 12.1 Å². The van der Waals surface area contributed by atoms with Gasteiger partial charge in [0.2, 0.25) is 0 Å². The predicted octanol–water partition coefficient (Wildman–Crippen LogP) is 6.07. The fraction of sp³-hybridized carbons (Fsp3) is 0.424. The van der Waals surface area contributed by atoms with Crippen LogP contribution in [0.3, 0.4) is 0 Å². The van der Waals surface area contributed by atoms with Crippen LogP contribution in [-0.2, 0) is 25.8 Å². The number of rotatable bonds is 11. The molecule has 2 atom stereocenters. The van der Waals surface area contributed by atoms with Gasteiger partial charge in [-0.3, -0.25) is 4.79 Å². The predicted molar refractivity (Wildman–Crippen MR) is 159 cm³/mol. The van der Waals surface area contributed by atoms with Crippen molar-refractivity contribution in [1.82, 2.24) is 0 Å². The second kappa shape index (κ2) is 12.3. The summed E-state index contributed by atoms with van der Waals surface area (Å²) in [5.41, 5.74) is 6.81. The highest BCUT2D eigenvalue weighted by atomic mass is 32.2. The molecule has 0 N–H and O–H groups in total. The van der Waals surface area contributed by atoms with E-state index in [0.29, 0.717) is 49.1 Å². The number of benzene rings is 3. The quantitative estimate of drug-likeness (QED) is 0.196. The van der Waals surface area contributed by atoms with Crippen LogP contribution in [-0.4, -0.2) is 53.3 Å². The van der Waals surface area contributed by atoms with E-state index in [1.54, 1.807) is 6.07 Å². The highest BCUT2D eigenvalue weighted by Gasteiger charge is 2.31. The summed E-state index contributed by atoms with van der Waals surface area (Å²) in [4.78, 5) is 11.7. The number of esters is 1. The SMILES string of the molecule is COC(=O)CC1COc2cc(OCC3CCc4c(-c5c(C)cc(OCCCS(C)(=O)=O)cc5C)ccc(F)c43)ccc21. The van der Waals surface area contributed by atoms with E-state index >= 15 is 4.39 Å². The van der Waals surface area contributed by atoms with Crippen molar-refractivity contribution in [2.45, 2.75) is 51.4 Å². The maximum atomic E-state index is 15.3. The minimum absolute atomic E-state index is 0.0388. The molecule has 1 aliphatic carbocycles. The molecule has 0 fully saturated rings. The number of aryl methyl sites for hydroxylation is 2. The fourth-order valence-corrected chi connectivity index (χ4v) is 6.79. The number of hydrogen-bond acceptors (Lipinski definition) is 7. The van der Waals surface area contributed by atoms with Crippen LogP contribution < -0.4 is 14.2 Å². The van der Waals surface area contributed by atoms with Gasteiger partial charge >= 0.3 is 5.97 Å². The molecular weight excluding hydrogens is 559 g/mol. The molecular formula is C33H37FO7S. The van der Waals surface area contributed by atoms with Gasteiger partial charge in [0.1, 0.15) is 32.9 Å². The van der Waals surface area contributed by atoms with E-state index in [2.05, 4.69) is 0 Å². The molecule has 0 saturated heterocycles. The Balaban J connectivity index is 1.30. The summed E-state index contributed by atoms with van der Waals surface area (Å²) in [5.74, 6) is 1.53. The number of hydrogen-bond donors (Lipinski definition) is 0. The molecule has 0 saturated carbocycles. The topological polar surface area (TPSA) is 88.1 Å². The van der Waals surface area contributed by atoms with Crippen LogP contribution in [0.1, 0.15) is 58.9 Å². The van der Waals surface area contributed by atoms with Crippen molar-refractivity contribution in [3.63, 3.8) is 0 Å². The van der Waals surface area contributed by atoms with Crippen LogP contribution in [0.15, 0.2) is 42.5 Å². The number of ether oxygens (including phenoxy) is 4. The molecule has 1 heterocycles. The van der Waals surface area contributed by atoms with Crippen LogP contribution in [0, 0.1) is 19.7 Å². The normalized spacial score (nSPS) is 17.4. The van der Waals surface area contributed by atoms with E-state index in [9.17, 15) is 13.2 Å². The molecule has 3 aromatic rings. The minimum atomic E-state index is -3.02. The number of halogens is 1. The van der Waals surface area contributed by atoms with Crippen molar-refractivity contribution in [3.8, 4) is 28.4 Å². The Morgan fingerprint density at radius 1 is 1.02 bits per heavy atom. The molecule has 0 bridgehead atoms. The number of fused-ring (bicyclic) bond motifs is 2. The Morgan fingerprint density at radius 3 is 2.50 bits per heavy atom. The van der Waals surface area contributed by atoms with E-state index in [4.69, 9.17) is 18.9 Å². The van der Waals surface area contributed by atoms with Crippen LogP contribution in [0.25, 0.3) is 11.1 Å². The number of methoxy groups -OCH3 is 1. The smallest absolute Gasteiger partial charge is 0.306 e. The first kappa shape index (κ1) is 29.9. The lowest BCUT2D eigenvalue weighted by molar-refractivity contribution is -0.141. The van der Waals surface area contributed by atoms with Crippen molar-refractivity contribution in [2.75, 3.05) is 38.9 Å². The van der Waals surface area contributed by atoms with Gasteiger partial charge in [-0.2, -0.15) is 0 Å². The number of carbonyl (C=O) groups excluding carboxylic acids is 1. The van der Waals surface area contributed by atoms with Crippen LogP contribution in [0.5, 0.6) is 17.2 Å². The van der Waals surface area contributed by atoms with E-state index in [1.165, 1.54) is 13.4 Å². The Labute approximate surface area is 246 Å². The molecule has 42 heavy (non-hydrogen) atoms. The van der Waals surface area contributed by atoms with E-state index < -0.39 is 9.84 Å². The van der Waals surface area contributed by atoms with Gasteiger partial charge in [0.25, 0.3) is 0 Å². The van der Waals surface area contributed by atoms with Gasteiger partial charge in [-0.25, -0.2) is 12.8 Å². The third-order valence-electron chi connectivity index (χ3n) is 8.12. The summed E-state index contributed by atoms with van der Waals surface area (Å²) in [6.45, 7) is 5.12. The highest BCUT2D eigenvalue weighted by Crippen LogP contribution is 2.44. The molecule has 2 aliphatic rings. The Hall–Kier alpha value is -3.59. The molecule has 224 valence electrons. The van der Waals surface area contributed by atoms with Gasteiger partial charge in [0, 0.05) is 29.7 Å². The zero-order chi connectivity index (χ0) is 30.0. The van der Waals surface area contributed by atoms with Crippen molar-refractivity contribution in [1.29, 1.82) is 0 Å². The Morgan fingerprint density at radius 2 is 1.79 bits per heavy atom. The fourth-order valence-electron chi connectivity index (χ4n) is 6.15. The molecule has 0 radical (unpaired) electrons. The molecule has 0 aromatic heterocycles. The third kappa shape index (κ3) is 6.56. The van der Waals surface area contributed by atoms with Crippen molar-refractivity contribution >= 4 is 15.8 Å². The highest BCUT2D eigenvalue weighted by molar-refractivity contribution is 7.90. The molecule has 5 rings (SSSR count). The molecule has 0 spiro atoms. The lowest BCUT2D eigenvalue weighted by Crippen LogP contribution is -2.10. The zero-order valence-electron chi connectivity index (χ0n) is 24.5. The number of carbonyl (C=O) groups is 1. The van der Waals surface area contributed by atoms with E-state index in [1.807, 2.05) is 50.2 Å². The summed E-state index contributed by atoms with van der Waals surface area (Å²) in [5, 5.41) is 0. The van der Waals surface area contributed by atoms with Gasteiger partial charge < -0.3 is 18.9 Å². The monoisotopic (exact) mass is 596 g/mol. The van der Waals surface area contributed by atoms with Crippen LogP contribution in [0.4, 0.5) is 4.39 Å². The first-order valence-electron chi connectivity index (χ1n) is 14.2. The first-order valence-corrected chi connectivity index (χ1v) is 16.3. The molecule has 7 nitrogen and oxygen atoms in total. The molecule has 1 aliphatic heterocycles. The Bertz CT molecular complexity index is 1580. The van der Waals surface area contributed by atoms with Gasteiger partial charge in [-0.15, -0.1) is 0 Å². The van der Waals surface area contributed by atoms with Gasteiger partial charge in [0.05, 0.1) is 39.1 Å². The molecule has 3 aromatic carbocycles. The summed E-state index contributed by atoms with van der Waals surface area (Å²) >= 11 is 0. The largest absolute Gasteiger partial charge is 0.494 e. The summed E-state index contributed by atoms with van der Waals surface area (Å²) in [7, 11) is -1.64. The maximum Gasteiger partial charge on any atom is 0.306 e. The first-order chi connectivity index (χ1) is 20.0. The molecule has 0 amide bonds. The van der Waals surface area contributed by atoms with Crippen molar-refractivity contribution < 1.29 is 36.6 Å². The summed E-state index contributed by atoms with van der Waals surface area (Å²) in [6, 6.07) is 13.0. The standard InChI is InChI=1S/C33H37FO7S/c1-20-14-25(39-12-5-13-42(4,36)37)15-21(2)32(20)27-10-11-29(34)33-22(6-8-28(27)33)18-40-24-7-9-26-23(16-31(35)38-3)19-41-30(26)17-24/h7,9-11,14-15,17,22-23H,5-6,8,12-13,16,18-19H2,1-4H3. The van der Waals surface area contributed by atoms with Crippen molar-refractivity contribution in [3.05, 3.63) is 76.1 Å². The van der Waals surface area contributed by atoms with E-state index in [0.717, 1.165) is 46.2 Å². The lowest BCUT2D eigenvalue weighted by Gasteiger charge is -2.18. The van der Waals surface area contributed by atoms with Crippen molar-refractivity contribution in [2.24, 2.45) is 0 Å². The third-order valence-corrected chi connectivity index (χ3v) is 9.15. The minimum Gasteiger partial charge on any atom is -0.494 e. The number of sulfone groups is 1. The second-order valence-electron chi connectivity index (χ2n) is 11.3. The van der Waals surface area contributed by atoms with E-state index in [-0.39, 0.29) is 35.8 Å². The maximum absolute atomic E-state index is 15.3. The zero-order valence-corrected chi connectivity index (χ0v) is 25.3. The van der Waals surface area contributed by atoms with Crippen LogP contribution >= 0.6 is 0 Å². The van der Waals surface area contributed by atoms with Gasteiger partial charge in [0.15, 0.2) is 0 Å². The van der Waals surface area contributed by atoms with Gasteiger partial charge in [-0.05, 0) is 90.8 Å².